The van der Waals surface area contributed by atoms with Crippen molar-refractivity contribution >= 4 is 0 Å². The topological polar surface area (TPSA) is 21.3 Å². The summed E-state index contributed by atoms with van der Waals surface area (Å²) in [6.45, 7) is 13.6. The number of hydrogen-bond donors (Lipinski definition) is 1. The van der Waals surface area contributed by atoms with E-state index in [4.69, 9.17) is 4.74 Å². The maximum atomic E-state index is 5.73. The summed E-state index contributed by atoms with van der Waals surface area (Å²) in [4.78, 5) is 0. The highest BCUT2D eigenvalue weighted by Crippen LogP contribution is 2.27. The van der Waals surface area contributed by atoms with Crippen molar-refractivity contribution in [1.82, 2.24) is 5.32 Å². The van der Waals surface area contributed by atoms with Gasteiger partial charge < -0.3 is 10.1 Å². The third-order valence-corrected chi connectivity index (χ3v) is 3.90. The second-order valence-electron chi connectivity index (χ2n) is 7.15. The summed E-state index contributed by atoms with van der Waals surface area (Å²) in [7, 11) is 0. The maximum absolute atomic E-state index is 5.73. The van der Waals surface area contributed by atoms with Crippen LogP contribution in [-0.4, -0.2) is 25.3 Å². The highest BCUT2D eigenvalue weighted by molar-refractivity contribution is 4.82. The van der Waals surface area contributed by atoms with Gasteiger partial charge in [0.15, 0.2) is 0 Å². The fourth-order valence-corrected chi connectivity index (χ4v) is 2.82. The highest BCUT2D eigenvalue weighted by Gasteiger charge is 2.29. The summed E-state index contributed by atoms with van der Waals surface area (Å²) >= 11 is 0. The maximum Gasteiger partial charge on any atom is 0.0551 e. The Morgan fingerprint density at radius 1 is 1.33 bits per heavy atom. The van der Waals surface area contributed by atoms with Gasteiger partial charge in [0.05, 0.1) is 12.7 Å². The van der Waals surface area contributed by atoms with Gasteiger partial charge in [-0.1, -0.05) is 34.1 Å². The van der Waals surface area contributed by atoms with Crippen LogP contribution in [-0.2, 0) is 4.74 Å². The first kappa shape index (κ1) is 16.0. The molecule has 108 valence electrons. The molecule has 2 heteroatoms. The van der Waals surface area contributed by atoms with E-state index in [-0.39, 0.29) is 0 Å². The van der Waals surface area contributed by atoms with E-state index in [9.17, 15) is 0 Å². The largest absolute Gasteiger partial charge is 0.378 e. The van der Waals surface area contributed by atoms with Crippen LogP contribution in [0.5, 0.6) is 0 Å². The van der Waals surface area contributed by atoms with E-state index in [1.54, 1.807) is 0 Å². The quantitative estimate of drug-likeness (QED) is 0.742. The SMILES string of the molecule is CCCNC(CCCC(C)(C)C)C1COC(C)C1. The molecule has 3 atom stereocenters. The van der Waals surface area contributed by atoms with E-state index in [0.29, 0.717) is 17.6 Å². The van der Waals surface area contributed by atoms with E-state index in [2.05, 4.69) is 39.9 Å². The van der Waals surface area contributed by atoms with Crippen LogP contribution in [0.4, 0.5) is 0 Å². The minimum Gasteiger partial charge on any atom is -0.378 e. The van der Waals surface area contributed by atoms with Crippen molar-refractivity contribution in [3.05, 3.63) is 0 Å². The molecule has 1 N–H and O–H groups in total. The molecule has 0 radical (unpaired) electrons. The molecule has 0 aromatic rings. The third-order valence-electron chi connectivity index (χ3n) is 3.90. The molecule has 18 heavy (non-hydrogen) atoms. The van der Waals surface area contributed by atoms with Crippen molar-refractivity contribution in [2.24, 2.45) is 11.3 Å². The van der Waals surface area contributed by atoms with Crippen LogP contribution >= 0.6 is 0 Å². The number of nitrogens with one attached hydrogen (secondary N) is 1. The van der Waals surface area contributed by atoms with Crippen molar-refractivity contribution < 1.29 is 4.74 Å². The third kappa shape index (κ3) is 6.19. The second-order valence-corrected chi connectivity index (χ2v) is 7.15. The molecule has 0 aliphatic carbocycles. The van der Waals surface area contributed by atoms with Crippen LogP contribution in [0.1, 0.15) is 66.7 Å². The Kier molecular flexibility index (Phi) is 6.65. The number of rotatable bonds is 7. The van der Waals surface area contributed by atoms with E-state index >= 15 is 0 Å². The molecule has 2 nitrogen and oxygen atoms in total. The Morgan fingerprint density at radius 3 is 2.56 bits per heavy atom. The zero-order chi connectivity index (χ0) is 13.6. The van der Waals surface area contributed by atoms with Gasteiger partial charge in [-0.05, 0) is 44.6 Å². The van der Waals surface area contributed by atoms with Crippen LogP contribution in [0.3, 0.4) is 0 Å². The molecule has 0 saturated carbocycles. The molecule has 1 heterocycles. The Morgan fingerprint density at radius 2 is 2.06 bits per heavy atom. The highest BCUT2D eigenvalue weighted by atomic mass is 16.5. The fraction of sp³-hybridized carbons (Fsp3) is 1.00. The molecule has 0 aromatic carbocycles. The van der Waals surface area contributed by atoms with Gasteiger partial charge in [0, 0.05) is 12.0 Å². The Balaban J connectivity index is 2.35. The molecular formula is C16H33NO. The van der Waals surface area contributed by atoms with Crippen LogP contribution in [0, 0.1) is 11.3 Å². The van der Waals surface area contributed by atoms with Crippen LogP contribution in [0.25, 0.3) is 0 Å². The smallest absolute Gasteiger partial charge is 0.0551 e. The summed E-state index contributed by atoms with van der Waals surface area (Å²) in [5.74, 6) is 0.728. The molecule has 0 amide bonds. The lowest BCUT2D eigenvalue weighted by atomic mass is 9.86. The van der Waals surface area contributed by atoms with Crippen LogP contribution < -0.4 is 5.32 Å². The molecular weight excluding hydrogens is 222 g/mol. The van der Waals surface area contributed by atoms with Crippen molar-refractivity contribution in [2.45, 2.75) is 78.9 Å². The predicted octanol–water partition coefficient (Wildman–Crippen LogP) is 4.00. The van der Waals surface area contributed by atoms with E-state index in [1.807, 2.05) is 0 Å². The van der Waals surface area contributed by atoms with Crippen molar-refractivity contribution in [2.75, 3.05) is 13.2 Å². The van der Waals surface area contributed by atoms with Gasteiger partial charge in [-0.3, -0.25) is 0 Å². The zero-order valence-corrected chi connectivity index (χ0v) is 13.1. The molecule has 0 aromatic heterocycles. The van der Waals surface area contributed by atoms with Crippen molar-refractivity contribution in [1.29, 1.82) is 0 Å². The summed E-state index contributed by atoms with van der Waals surface area (Å²) in [5, 5.41) is 3.74. The first-order valence-electron chi connectivity index (χ1n) is 7.77. The van der Waals surface area contributed by atoms with Gasteiger partial charge in [0.1, 0.15) is 0 Å². The van der Waals surface area contributed by atoms with Gasteiger partial charge in [0.25, 0.3) is 0 Å². The van der Waals surface area contributed by atoms with Gasteiger partial charge in [-0.2, -0.15) is 0 Å². The molecule has 1 rings (SSSR count). The van der Waals surface area contributed by atoms with Gasteiger partial charge >= 0.3 is 0 Å². The zero-order valence-electron chi connectivity index (χ0n) is 13.1. The van der Waals surface area contributed by atoms with E-state index < -0.39 is 0 Å². The molecule has 0 spiro atoms. The average molecular weight is 255 g/mol. The van der Waals surface area contributed by atoms with Gasteiger partial charge in [0.2, 0.25) is 0 Å². The van der Waals surface area contributed by atoms with Crippen molar-refractivity contribution in [3.63, 3.8) is 0 Å². The van der Waals surface area contributed by atoms with Gasteiger partial charge in [-0.25, -0.2) is 0 Å². The lowest BCUT2D eigenvalue weighted by molar-refractivity contribution is 0.116. The molecule has 1 saturated heterocycles. The minimum atomic E-state index is 0.462. The molecule has 1 aliphatic rings. The normalized spacial score (nSPS) is 26.5. The Labute approximate surface area is 114 Å². The Hall–Kier alpha value is -0.0800. The summed E-state index contributed by atoms with van der Waals surface area (Å²) in [5.41, 5.74) is 0.467. The summed E-state index contributed by atoms with van der Waals surface area (Å²) in [6, 6.07) is 0.664. The number of hydrogen-bond acceptors (Lipinski definition) is 2. The average Bonchev–Trinajstić information content (AvgIpc) is 2.68. The lowest BCUT2D eigenvalue weighted by Gasteiger charge is -2.26. The monoisotopic (exact) mass is 255 g/mol. The first-order chi connectivity index (χ1) is 8.42. The van der Waals surface area contributed by atoms with Crippen molar-refractivity contribution in [3.8, 4) is 0 Å². The molecule has 1 fully saturated rings. The van der Waals surface area contributed by atoms with Gasteiger partial charge in [-0.15, -0.1) is 0 Å². The Bertz CT molecular complexity index is 222. The number of ether oxygens (including phenoxy) is 1. The summed E-state index contributed by atoms with van der Waals surface area (Å²) < 4.78 is 5.73. The molecule has 3 unspecified atom stereocenters. The van der Waals surface area contributed by atoms with Crippen LogP contribution in [0.15, 0.2) is 0 Å². The van der Waals surface area contributed by atoms with E-state index in [1.165, 1.54) is 32.1 Å². The predicted molar refractivity (Wildman–Crippen MR) is 78.9 cm³/mol. The van der Waals surface area contributed by atoms with E-state index in [0.717, 1.165) is 19.1 Å². The molecule has 0 bridgehead atoms. The second kappa shape index (κ2) is 7.49. The summed E-state index contributed by atoms with van der Waals surface area (Å²) in [6.07, 6.45) is 6.87. The minimum absolute atomic E-state index is 0.462. The van der Waals surface area contributed by atoms with Crippen LogP contribution in [0.2, 0.25) is 0 Å². The lowest BCUT2D eigenvalue weighted by Crippen LogP contribution is -2.37. The first-order valence-corrected chi connectivity index (χ1v) is 7.77. The standard InChI is InChI=1S/C16H33NO/c1-6-10-17-15(8-7-9-16(3,4)5)14-11-13(2)18-12-14/h13-15,17H,6-12H2,1-5H3. The fourth-order valence-electron chi connectivity index (χ4n) is 2.82. The molecule has 1 aliphatic heterocycles.